The molecule has 0 aromatic carbocycles. The maximum atomic E-state index is 5.28. The molecule has 0 bridgehead atoms. The molecular weight excluding hydrogens is 180 g/mol. The number of rotatable bonds is 2. The zero-order chi connectivity index (χ0) is 9.80. The molecule has 0 unspecified atom stereocenters. The summed E-state index contributed by atoms with van der Waals surface area (Å²) in [5.41, 5.74) is 2.51. The van der Waals surface area contributed by atoms with Crippen molar-refractivity contribution >= 4 is 11.6 Å². The molecule has 0 amide bonds. The first-order chi connectivity index (χ1) is 6.90. The van der Waals surface area contributed by atoms with Crippen molar-refractivity contribution in [1.82, 2.24) is 15.3 Å². The molecule has 1 fully saturated rings. The summed E-state index contributed by atoms with van der Waals surface area (Å²) in [7, 11) is 0. The van der Waals surface area contributed by atoms with Gasteiger partial charge in [0.25, 0.3) is 0 Å². The molecule has 0 spiro atoms. The van der Waals surface area contributed by atoms with Gasteiger partial charge in [0, 0.05) is 32.2 Å². The largest absolute Gasteiger partial charge is 0.354 e. The summed E-state index contributed by atoms with van der Waals surface area (Å²) in [6, 6.07) is 1.85. The first-order valence-corrected chi connectivity index (χ1v) is 4.64. The van der Waals surface area contributed by atoms with Crippen molar-refractivity contribution in [1.29, 1.82) is 0 Å². The molecule has 1 aliphatic heterocycles. The van der Waals surface area contributed by atoms with Crippen LogP contribution in [0.25, 0.3) is 0 Å². The summed E-state index contributed by atoms with van der Waals surface area (Å²) in [5, 5.41) is 3.29. The van der Waals surface area contributed by atoms with Gasteiger partial charge in [-0.3, -0.25) is 0 Å². The van der Waals surface area contributed by atoms with Crippen molar-refractivity contribution < 1.29 is 0 Å². The lowest BCUT2D eigenvalue weighted by Gasteiger charge is -2.28. The number of anilines is 2. The van der Waals surface area contributed by atoms with Gasteiger partial charge in [-0.05, 0) is 0 Å². The number of nitrogen functional groups attached to an aromatic ring is 1. The van der Waals surface area contributed by atoms with Gasteiger partial charge in [0.05, 0.1) is 0 Å². The van der Waals surface area contributed by atoms with Gasteiger partial charge in [0.15, 0.2) is 0 Å². The molecule has 0 atom stereocenters. The molecule has 6 nitrogen and oxygen atoms in total. The van der Waals surface area contributed by atoms with Crippen LogP contribution in [0.5, 0.6) is 0 Å². The van der Waals surface area contributed by atoms with Crippen molar-refractivity contribution in [3.05, 3.63) is 12.4 Å². The lowest BCUT2D eigenvalue weighted by Crippen LogP contribution is -2.43. The van der Waals surface area contributed by atoms with Gasteiger partial charge in [-0.25, -0.2) is 15.8 Å². The van der Waals surface area contributed by atoms with E-state index in [9.17, 15) is 0 Å². The van der Waals surface area contributed by atoms with Crippen LogP contribution in [0.1, 0.15) is 0 Å². The molecule has 14 heavy (non-hydrogen) atoms. The molecule has 1 saturated heterocycles. The number of piperazine rings is 1. The molecule has 76 valence electrons. The minimum Gasteiger partial charge on any atom is -0.354 e. The van der Waals surface area contributed by atoms with E-state index in [0.717, 1.165) is 32.0 Å². The van der Waals surface area contributed by atoms with Gasteiger partial charge in [-0.1, -0.05) is 0 Å². The van der Waals surface area contributed by atoms with Crippen molar-refractivity contribution in [2.75, 3.05) is 36.5 Å². The molecular formula is C8H14N6. The zero-order valence-electron chi connectivity index (χ0n) is 7.90. The second-order valence-electron chi connectivity index (χ2n) is 3.14. The van der Waals surface area contributed by atoms with Gasteiger partial charge in [0.2, 0.25) is 0 Å². The third-order valence-corrected chi connectivity index (χ3v) is 2.24. The van der Waals surface area contributed by atoms with Crippen LogP contribution in [-0.2, 0) is 0 Å². The van der Waals surface area contributed by atoms with E-state index in [1.54, 1.807) is 0 Å². The Bertz CT molecular complexity index is 296. The Labute approximate surface area is 82.5 Å². The van der Waals surface area contributed by atoms with Gasteiger partial charge in [-0.15, -0.1) is 0 Å². The second-order valence-corrected chi connectivity index (χ2v) is 3.14. The summed E-state index contributed by atoms with van der Waals surface area (Å²) >= 11 is 0. The summed E-state index contributed by atoms with van der Waals surface area (Å²) in [4.78, 5) is 10.4. The normalized spacial score (nSPS) is 16.8. The van der Waals surface area contributed by atoms with E-state index in [4.69, 9.17) is 5.84 Å². The van der Waals surface area contributed by atoms with Crippen LogP contribution in [0.15, 0.2) is 12.4 Å². The van der Waals surface area contributed by atoms with Crippen LogP contribution in [0.2, 0.25) is 0 Å². The maximum Gasteiger partial charge on any atom is 0.145 e. The Morgan fingerprint density at radius 3 is 2.86 bits per heavy atom. The average molecular weight is 194 g/mol. The highest BCUT2D eigenvalue weighted by Crippen LogP contribution is 2.13. The minimum absolute atomic E-state index is 0.647. The van der Waals surface area contributed by atoms with Gasteiger partial charge >= 0.3 is 0 Å². The smallest absolute Gasteiger partial charge is 0.145 e. The van der Waals surface area contributed by atoms with Crippen LogP contribution in [-0.4, -0.2) is 36.1 Å². The van der Waals surface area contributed by atoms with Crippen LogP contribution in [0.3, 0.4) is 0 Å². The Balaban J connectivity index is 2.13. The fourth-order valence-corrected chi connectivity index (χ4v) is 1.49. The second kappa shape index (κ2) is 4.21. The fraction of sp³-hybridized carbons (Fsp3) is 0.500. The van der Waals surface area contributed by atoms with Crippen LogP contribution in [0, 0.1) is 0 Å². The van der Waals surface area contributed by atoms with Crippen molar-refractivity contribution in [3.8, 4) is 0 Å². The summed E-state index contributed by atoms with van der Waals surface area (Å²) in [5.74, 6) is 6.85. The highest BCUT2D eigenvalue weighted by Gasteiger charge is 2.11. The lowest BCUT2D eigenvalue weighted by atomic mass is 10.3. The topological polar surface area (TPSA) is 79.1 Å². The Morgan fingerprint density at radius 2 is 2.14 bits per heavy atom. The van der Waals surface area contributed by atoms with Gasteiger partial charge in [0.1, 0.15) is 18.0 Å². The highest BCUT2D eigenvalue weighted by molar-refractivity contribution is 5.47. The van der Waals surface area contributed by atoms with Gasteiger partial charge < -0.3 is 15.6 Å². The molecule has 2 heterocycles. The number of nitrogens with two attached hydrogens (primary N) is 1. The maximum absolute atomic E-state index is 5.28. The third-order valence-electron chi connectivity index (χ3n) is 2.24. The molecule has 0 aliphatic carbocycles. The number of hydrogen-bond donors (Lipinski definition) is 3. The average Bonchev–Trinajstić information content (AvgIpc) is 2.30. The molecule has 1 aromatic heterocycles. The van der Waals surface area contributed by atoms with Crippen molar-refractivity contribution in [2.24, 2.45) is 5.84 Å². The highest BCUT2D eigenvalue weighted by atomic mass is 15.3. The third kappa shape index (κ3) is 1.91. The molecule has 4 N–H and O–H groups in total. The van der Waals surface area contributed by atoms with E-state index in [2.05, 4.69) is 25.6 Å². The van der Waals surface area contributed by atoms with E-state index in [1.165, 1.54) is 6.33 Å². The molecule has 6 heteroatoms. The number of hydrogen-bond acceptors (Lipinski definition) is 6. The van der Waals surface area contributed by atoms with Crippen molar-refractivity contribution in [3.63, 3.8) is 0 Å². The van der Waals surface area contributed by atoms with Crippen molar-refractivity contribution in [2.45, 2.75) is 0 Å². The molecule has 2 rings (SSSR count). The molecule has 1 aromatic rings. The minimum atomic E-state index is 0.647. The Hall–Kier alpha value is -1.40. The number of nitrogens with zero attached hydrogens (tertiary/aromatic N) is 3. The quantitative estimate of drug-likeness (QED) is 0.421. The molecule has 1 aliphatic rings. The number of nitrogens with one attached hydrogen (secondary N) is 2. The fourth-order valence-electron chi connectivity index (χ4n) is 1.49. The van der Waals surface area contributed by atoms with E-state index in [-0.39, 0.29) is 0 Å². The van der Waals surface area contributed by atoms with E-state index >= 15 is 0 Å². The summed E-state index contributed by atoms with van der Waals surface area (Å²) in [6.07, 6.45) is 1.52. The number of aromatic nitrogens is 2. The number of hydrazine groups is 1. The lowest BCUT2D eigenvalue weighted by molar-refractivity contribution is 0.584. The standard InChI is InChI=1S/C8H14N6/c9-13-7-5-8(12-6-11-7)14-3-1-10-2-4-14/h5-6,10H,1-4,9H2,(H,11,12,13). The molecule has 0 radical (unpaired) electrons. The summed E-state index contributed by atoms with van der Waals surface area (Å²) in [6.45, 7) is 3.94. The predicted octanol–water partition coefficient (Wildman–Crippen LogP) is -0.828. The monoisotopic (exact) mass is 194 g/mol. The van der Waals surface area contributed by atoms with E-state index < -0.39 is 0 Å². The van der Waals surface area contributed by atoms with E-state index in [0.29, 0.717) is 5.82 Å². The summed E-state index contributed by atoms with van der Waals surface area (Å²) < 4.78 is 0. The van der Waals surface area contributed by atoms with Crippen LogP contribution in [0.4, 0.5) is 11.6 Å². The molecule has 0 saturated carbocycles. The first-order valence-electron chi connectivity index (χ1n) is 4.64. The zero-order valence-corrected chi connectivity index (χ0v) is 7.90. The predicted molar refractivity (Wildman–Crippen MR) is 54.9 cm³/mol. The van der Waals surface area contributed by atoms with E-state index in [1.807, 2.05) is 6.07 Å². The Kier molecular flexibility index (Phi) is 2.76. The van der Waals surface area contributed by atoms with Crippen LogP contribution >= 0.6 is 0 Å². The first kappa shape index (κ1) is 9.17. The van der Waals surface area contributed by atoms with Gasteiger partial charge in [-0.2, -0.15) is 0 Å². The Morgan fingerprint density at radius 1 is 1.36 bits per heavy atom. The SMILES string of the molecule is NNc1cc(N2CCNCC2)ncn1. The van der Waals surface area contributed by atoms with Crippen LogP contribution < -0.4 is 21.5 Å².